The number of rotatable bonds is 18. The van der Waals surface area contributed by atoms with Crippen molar-refractivity contribution in [3.05, 3.63) is 0 Å². The van der Waals surface area contributed by atoms with Gasteiger partial charge in [0.15, 0.2) is 0 Å². The summed E-state index contributed by atoms with van der Waals surface area (Å²) >= 11 is 3.26. The Morgan fingerprint density at radius 1 is 0.656 bits per heavy atom. The van der Waals surface area contributed by atoms with E-state index in [1.54, 1.807) is 0 Å². The molecule has 0 saturated carbocycles. The van der Waals surface area contributed by atoms with Crippen molar-refractivity contribution in [1.29, 1.82) is 0 Å². The average Bonchev–Trinajstić information content (AvgIpc) is 2.73. The molecule has 0 aromatic carbocycles. The van der Waals surface area contributed by atoms with Gasteiger partial charge in [0, 0.05) is 0 Å². The number of carbonyl (C=O) groups is 2. The standard InChI is InChI=1S/C18H38.C7H13BrN2O2.2K.2H/c1-3-5-7-9-11-13-15-17-18-16-14-12-10-8-6-4-2;1-3-7(8,4-2)5(11)10-6(9)12;;;;/h3-18H2,1-2H3;3-4H2,1-2H3,(H3,9,10,11,12);;;;/q;;2*+1;2*-1. The van der Waals surface area contributed by atoms with Gasteiger partial charge in [0.05, 0.1) is 0 Å². The third kappa shape index (κ3) is 28.9. The zero-order valence-corrected chi connectivity index (χ0v) is 30.3. The van der Waals surface area contributed by atoms with Crippen LogP contribution in [0.4, 0.5) is 4.79 Å². The van der Waals surface area contributed by atoms with Crippen LogP contribution in [0.25, 0.3) is 0 Å². The number of primary amides is 1. The first-order chi connectivity index (χ1) is 14.4. The molecule has 0 radical (unpaired) electrons. The molecule has 0 saturated heterocycles. The Hall–Kier alpha value is 2.69. The van der Waals surface area contributed by atoms with E-state index in [0.717, 1.165) is 0 Å². The number of carbonyl (C=O) groups excluding carboxylic acids is 2. The van der Waals surface area contributed by atoms with E-state index in [1.165, 1.54) is 103 Å². The zero-order valence-electron chi connectivity index (χ0n) is 24.5. The molecule has 0 atom stereocenters. The van der Waals surface area contributed by atoms with Crippen LogP contribution in [-0.4, -0.2) is 16.3 Å². The van der Waals surface area contributed by atoms with Crippen LogP contribution in [0.3, 0.4) is 0 Å². The summed E-state index contributed by atoms with van der Waals surface area (Å²) in [5, 5.41) is 2.04. The summed E-state index contributed by atoms with van der Waals surface area (Å²) in [7, 11) is 0. The molecule has 0 aromatic rings. The van der Waals surface area contributed by atoms with Gasteiger partial charge in [-0.3, -0.25) is 10.1 Å². The van der Waals surface area contributed by atoms with Crippen molar-refractivity contribution in [3.63, 3.8) is 0 Å². The van der Waals surface area contributed by atoms with Crippen LogP contribution >= 0.6 is 15.9 Å². The Bertz CT molecular complexity index is 404. The first kappa shape index (κ1) is 41.8. The van der Waals surface area contributed by atoms with Crippen LogP contribution < -0.4 is 114 Å². The number of halogens is 1. The van der Waals surface area contributed by atoms with Gasteiger partial charge in [0.25, 0.3) is 0 Å². The van der Waals surface area contributed by atoms with E-state index in [4.69, 9.17) is 5.73 Å². The third-order valence-electron chi connectivity index (χ3n) is 5.72. The van der Waals surface area contributed by atoms with Crippen LogP contribution in [0.2, 0.25) is 0 Å². The number of unbranched alkanes of at least 4 members (excludes halogenated alkanes) is 15. The van der Waals surface area contributed by atoms with Gasteiger partial charge in [0.2, 0.25) is 5.91 Å². The van der Waals surface area contributed by atoms with E-state index < -0.39 is 10.4 Å². The average molecular weight is 572 g/mol. The van der Waals surface area contributed by atoms with Gasteiger partial charge in [-0.2, -0.15) is 0 Å². The van der Waals surface area contributed by atoms with Crippen molar-refractivity contribution in [2.75, 3.05) is 0 Å². The Morgan fingerprint density at radius 2 is 0.906 bits per heavy atom. The maximum absolute atomic E-state index is 11.3. The van der Waals surface area contributed by atoms with Crippen LogP contribution in [-0.2, 0) is 4.79 Å². The van der Waals surface area contributed by atoms with Crippen molar-refractivity contribution in [1.82, 2.24) is 5.32 Å². The molecule has 0 aliphatic heterocycles. The monoisotopic (exact) mass is 570 g/mol. The van der Waals surface area contributed by atoms with Gasteiger partial charge in [-0.25, -0.2) is 4.79 Å². The number of alkyl halides is 1. The van der Waals surface area contributed by atoms with E-state index in [2.05, 4.69) is 29.8 Å². The summed E-state index contributed by atoms with van der Waals surface area (Å²) < 4.78 is -0.665. The van der Waals surface area contributed by atoms with Crippen LogP contribution in [0.1, 0.15) is 146 Å². The molecular weight excluding hydrogens is 518 g/mol. The fraction of sp³-hybridized carbons (Fsp3) is 0.920. The number of nitrogens with two attached hydrogens (primary N) is 1. The number of imide groups is 1. The van der Waals surface area contributed by atoms with Crippen LogP contribution in [0.5, 0.6) is 0 Å². The third-order valence-corrected chi connectivity index (χ3v) is 7.20. The van der Waals surface area contributed by atoms with Gasteiger partial charge >= 0.3 is 109 Å². The molecule has 0 rings (SSSR count). The molecule has 0 spiro atoms. The zero-order chi connectivity index (χ0) is 23.1. The van der Waals surface area contributed by atoms with Crippen molar-refractivity contribution in [2.24, 2.45) is 5.73 Å². The molecular formula is C25H53BrK2N2O2. The molecule has 184 valence electrons. The number of urea groups is 1. The molecule has 0 fully saturated rings. The molecule has 0 unspecified atom stereocenters. The van der Waals surface area contributed by atoms with Gasteiger partial charge < -0.3 is 8.59 Å². The van der Waals surface area contributed by atoms with Crippen molar-refractivity contribution >= 4 is 27.9 Å². The smallest absolute Gasteiger partial charge is 1.00 e. The van der Waals surface area contributed by atoms with Gasteiger partial charge in [-0.05, 0) is 12.8 Å². The molecule has 3 N–H and O–H groups in total. The van der Waals surface area contributed by atoms with Crippen molar-refractivity contribution in [2.45, 2.75) is 148 Å². The minimum Gasteiger partial charge on any atom is -1.00 e. The normalized spacial score (nSPS) is 10.3. The maximum Gasteiger partial charge on any atom is 1.00 e. The van der Waals surface area contributed by atoms with E-state index in [9.17, 15) is 9.59 Å². The molecule has 0 heterocycles. The summed E-state index contributed by atoms with van der Waals surface area (Å²) in [5.41, 5.74) is 4.81. The number of amides is 3. The second-order valence-electron chi connectivity index (χ2n) is 8.44. The van der Waals surface area contributed by atoms with Crippen molar-refractivity contribution in [3.8, 4) is 0 Å². The fourth-order valence-corrected chi connectivity index (χ4v) is 3.52. The largest absolute Gasteiger partial charge is 1.00 e. The number of hydrogen-bond acceptors (Lipinski definition) is 2. The van der Waals surface area contributed by atoms with E-state index in [0.29, 0.717) is 12.8 Å². The molecule has 0 aliphatic rings. The minimum atomic E-state index is -0.814. The van der Waals surface area contributed by atoms with Crippen LogP contribution in [0.15, 0.2) is 0 Å². The summed E-state index contributed by atoms with van der Waals surface area (Å²) in [6.45, 7) is 8.31. The van der Waals surface area contributed by atoms with Gasteiger partial charge in [0.1, 0.15) is 4.32 Å². The molecule has 0 bridgehead atoms. The summed E-state index contributed by atoms with van der Waals surface area (Å²) in [6, 6.07) is -0.814. The fourth-order valence-electron chi connectivity index (χ4n) is 3.42. The number of hydrogen-bond donors (Lipinski definition) is 2. The maximum atomic E-state index is 11.3. The Balaban J connectivity index is -0.000000109. The molecule has 0 aromatic heterocycles. The van der Waals surface area contributed by atoms with Crippen LogP contribution in [0, 0.1) is 0 Å². The summed E-state index contributed by atoms with van der Waals surface area (Å²) in [4.78, 5) is 21.6. The minimum absolute atomic E-state index is 0. The summed E-state index contributed by atoms with van der Waals surface area (Å²) in [5.74, 6) is -0.375. The predicted molar refractivity (Wildman–Crippen MR) is 137 cm³/mol. The van der Waals surface area contributed by atoms with E-state index in [-0.39, 0.29) is 112 Å². The molecule has 0 aliphatic carbocycles. The quantitative estimate of drug-likeness (QED) is 0.151. The molecule has 3 amide bonds. The predicted octanol–water partition coefficient (Wildman–Crippen LogP) is 2.64. The molecule has 32 heavy (non-hydrogen) atoms. The Kier molecular flexibility index (Phi) is 41.4. The molecule has 7 heteroatoms. The Morgan fingerprint density at radius 3 is 1.09 bits per heavy atom. The van der Waals surface area contributed by atoms with Crippen molar-refractivity contribution < 1.29 is 115 Å². The second-order valence-corrected chi connectivity index (χ2v) is 9.96. The topological polar surface area (TPSA) is 72.2 Å². The number of nitrogens with one attached hydrogen (secondary N) is 1. The van der Waals surface area contributed by atoms with E-state index >= 15 is 0 Å². The molecule has 4 nitrogen and oxygen atoms in total. The Labute approximate surface area is 296 Å². The second kappa shape index (κ2) is 31.7. The van der Waals surface area contributed by atoms with Gasteiger partial charge in [-0.1, -0.05) is 146 Å². The SMILES string of the molecule is CCC(Br)(CC)C(=O)NC(N)=O.CCCCCCCCCCCCCCCCCC.[H-].[H-].[K+].[K+]. The van der Waals surface area contributed by atoms with Gasteiger partial charge in [-0.15, -0.1) is 0 Å². The first-order valence-electron chi connectivity index (χ1n) is 12.7. The first-order valence-corrected chi connectivity index (χ1v) is 13.5. The van der Waals surface area contributed by atoms with E-state index in [1.807, 2.05) is 19.2 Å². The summed E-state index contributed by atoms with van der Waals surface area (Å²) in [6.07, 6.45) is 24.6.